The Morgan fingerprint density at radius 2 is 2.00 bits per heavy atom. The molecule has 0 saturated carbocycles. The van der Waals surface area contributed by atoms with Crippen molar-refractivity contribution >= 4 is 17.5 Å². The van der Waals surface area contributed by atoms with Crippen molar-refractivity contribution in [3.8, 4) is 11.5 Å². The molecule has 1 unspecified atom stereocenters. The zero-order chi connectivity index (χ0) is 18.0. The van der Waals surface area contributed by atoms with Gasteiger partial charge in [-0.3, -0.25) is 9.59 Å². The number of anilines is 1. The maximum Gasteiger partial charge on any atom is 0.239 e. The smallest absolute Gasteiger partial charge is 0.239 e. The van der Waals surface area contributed by atoms with Gasteiger partial charge in [-0.1, -0.05) is 6.92 Å². The van der Waals surface area contributed by atoms with Crippen LogP contribution in [0.3, 0.4) is 0 Å². The number of carbonyl (C=O) groups is 2. The summed E-state index contributed by atoms with van der Waals surface area (Å²) in [5.41, 5.74) is -0.526. The Labute approximate surface area is 148 Å². The van der Waals surface area contributed by atoms with Crippen molar-refractivity contribution in [1.29, 1.82) is 0 Å². The van der Waals surface area contributed by atoms with E-state index in [0.717, 1.165) is 32.2 Å². The molecular formula is C19H26N2O4. The molecular weight excluding hydrogens is 320 g/mol. The summed E-state index contributed by atoms with van der Waals surface area (Å²) in [6, 6.07) is 5.46. The van der Waals surface area contributed by atoms with Crippen LogP contribution in [0.25, 0.3) is 0 Å². The Kier molecular flexibility index (Phi) is 4.88. The molecule has 2 aliphatic rings. The molecule has 0 aromatic heterocycles. The molecule has 0 spiro atoms. The van der Waals surface area contributed by atoms with E-state index in [1.54, 1.807) is 32.0 Å². The molecule has 0 aliphatic carbocycles. The van der Waals surface area contributed by atoms with Gasteiger partial charge in [0.15, 0.2) is 11.5 Å². The zero-order valence-electron chi connectivity index (χ0n) is 15.1. The Morgan fingerprint density at radius 3 is 2.76 bits per heavy atom. The highest BCUT2D eigenvalue weighted by atomic mass is 16.7. The van der Waals surface area contributed by atoms with E-state index in [1.165, 1.54) is 0 Å². The predicted octanol–water partition coefficient (Wildman–Crippen LogP) is 3.17. The second-order valence-corrected chi connectivity index (χ2v) is 7.20. The van der Waals surface area contributed by atoms with E-state index < -0.39 is 5.41 Å². The molecule has 1 aromatic carbocycles. The quantitative estimate of drug-likeness (QED) is 0.850. The van der Waals surface area contributed by atoms with Gasteiger partial charge in [0.25, 0.3) is 0 Å². The number of hydrogen-bond acceptors (Lipinski definition) is 4. The zero-order valence-corrected chi connectivity index (χ0v) is 15.1. The van der Waals surface area contributed by atoms with E-state index in [9.17, 15) is 9.59 Å². The lowest BCUT2D eigenvalue weighted by Crippen LogP contribution is -2.52. The maximum absolute atomic E-state index is 13.0. The number of likely N-dealkylation sites (tertiary alicyclic amines) is 1. The highest BCUT2D eigenvalue weighted by Gasteiger charge is 2.41. The molecule has 1 N–H and O–H groups in total. The first kappa shape index (κ1) is 17.6. The number of nitrogens with zero attached hydrogens (tertiary/aromatic N) is 1. The average molecular weight is 346 g/mol. The lowest BCUT2D eigenvalue weighted by Gasteiger charge is -2.39. The molecule has 136 valence electrons. The van der Waals surface area contributed by atoms with Gasteiger partial charge in [0.2, 0.25) is 18.6 Å². The number of rotatable bonds is 4. The Balaban J connectivity index is 1.72. The Bertz CT molecular complexity index is 671. The summed E-state index contributed by atoms with van der Waals surface area (Å²) in [6.07, 6.45) is 4.09. The molecule has 1 aromatic rings. The number of ether oxygens (including phenoxy) is 2. The largest absolute Gasteiger partial charge is 0.454 e. The third-order valence-electron chi connectivity index (χ3n) is 5.09. The molecule has 0 radical (unpaired) electrons. The minimum Gasteiger partial charge on any atom is -0.454 e. The second-order valence-electron chi connectivity index (χ2n) is 7.20. The van der Waals surface area contributed by atoms with Crippen molar-refractivity contribution in [2.24, 2.45) is 5.41 Å². The summed E-state index contributed by atoms with van der Waals surface area (Å²) in [4.78, 5) is 27.7. The van der Waals surface area contributed by atoms with Gasteiger partial charge in [0.1, 0.15) is 5.41 Å². The molecule has 6 heteroatoms. The van der Waals surface area contributed by atoms with Crippen LogP contribution < -0.4 is 14.8 Å². The highest BCUT2D eigenvalue weighted by molar-refractivity contribution is 6.10. The van der Waals surface area contributed by atoms with Crippen LogP contribution in [-0.2, 0) is 9.59 Å². The molecule has 0 bridgehead atoms. The first-order chi connectivity index (χ1) is 11.9. The van der Waals surface area contributed by atoms with E-state index in [-0.39, 0.29) is 24.6 Å². The number of carbonyl (C=O) groups excluding carboxylic acids is 2. The average Bonchev–Trinajstić information content (AvgIpc) is 3.08. The molecule has 25 heavy (non-hydrogen) atoms. The fraction of sp³-hybridized carbons (Fsp3) is 0.579. The molecule has 2 aliphatic heterocycles. The van der Waals surface area contributed by atoms with Crippen LogP contribution in [0.1, 0.15) is 46.5 Å². The van der Waals surface area contributed by atoms with Gasteiger partial charge in [0.05, 0.1) is 0 Å². The number of hydrogen-bond donors (Lipinski definition) is 1. The first-order valence-corrected chi connectivity index (χ1v) is 8.95. The molecule has 6 nitrogen and oxygen atoms in total. The highest BCUT2D eigenvalue weighted by Crippen LogP contribution is 2.35. The van der Waals surface area contributed by atoms with Crippen molar-refractivity contribution in [2.45, 2.75) is 52.5 Å². The van der Waals surface area contributed by atoms with Crippen LogP contribution in [0, 0.1) is 5.41 Å². The fourth-order valence-electron chi connectivity index (χ4n) is 3.41. The minimum atomic E-state index is -1.12. The number of amides is 2. The third-order valence-corrected chi connectivity index (χ3v) is 5.09. The van der Waals surface area contributed by atoms with Gasteiger partial charge in [-0.25, -0.2) is 0 Å². The monoisotopic (exact) mass is 346 g/mol. The topological polar surface area (TPSA) is 67.9 Å². The maximum atomic E-state index is 13.0. The number of piperidine rings is 1. The first-order valence-electron chi connectivity index (χ1n) is 8.95. The van der Waals surface area contributed by atoms with E-state index in [0.29, 0.717) is 17.2 Å². The summed E-state index contributed by atoms with van der Waals surface area (Å²) in [5, 5.41) is 2.84. The molecule has 1 fully saturated rings. The van der Waals surface area contributed by atoms with E-state index >= 15 is 0 Å². The van der Waals surface area contributed by atoms with Gasteiger partial charge in [0, 0.05) is 24.3 Å². The van der Waals surface area contributed by atoms with Crippen molar-refractivity contribution in [3.63, 3.8) is 0 Å². The summed E-state index contributed by atoms with van der Waals surface area (Å²) in [7, 11) is 0. The Morgan fingerprint density at radius 1 is 1.24 bits per heavy atom. The SMILES string of the molecule is CCC1CCCCN1C(=O)C(C)(C)C(=O)Nc1ccc2c(c1)OCO2. The fourth-order valence-corrected chi connectivity index (χ4v) is 3.41. The number of benzene rings is 1. The third kappa shape index (κ3) is 3.43. The van der Waals surface area contributed by atoms with E-state index in [1.807, 2.05) is 4.90 Å². The van der Waals surface area contributed by atoms with Crippen molar-refractivity contribution in [3.05, 3.63) is 18.2 Å². The van der Waals surface area contributed by atoms with Crippen LogP contribution in [0.15, 0.2) is 18.2 Å². The van der Waals surface area contributed by atoms with Crippen molar-refractivity contribution in [2.75, 3.05) is 18.7 Å². The van der Waals surface area contributed by atoms with Crippen LogP contribution in [0.4, 0.5) is 5.69 Å². The molecule has 1 saturated heterocycles. The van der Waals surface area contributed by atoms with Gasteiger partial charge in [-0.2, -0.15) is 0 Å². The minimum absolute atomic E-state index is 0.0997. The molecule has 2 heterocycles. The van der Waals surface area contributed by atoms with Gasteiger partial charge in [-0.15, -0.1) is 0 Å². The van der Waals surface area contributed by atoms with Gasteiger partial charge in [-0.05, 0) is 51.7 Å². The summed E-state index contributed by atoms with van der Waals surface area (Å²) < 4.78 is 10.6. The molecule has 1 atom stereocenters. The second kappa shape index (κ2) is 6.94. The van der Waals surface area contributed by atoms with Gasteiger partial charge >= 0.3 is 0 Å². The predicted molar refractivity (Wildman–Crippen MR) is 94.6 cm³/mol. The van der Waals surface area contributed by atoms with E-state index in [4.69, 9.17) is 9.47 Å². The van der Waals surface area contributed by atoms with E-state index in [2.05, 4.69) is 12.2 Å². The lowest BCUT2D eigenvalue weighted by molar-refractivity contribution is -0.149. The normalized spacial score (nSPS) is 19.6. The van der Waals surface area contributed by atoms with Crippen molar-refractivity contribution in [1.82, 2.24) is 4.90 Å². The van der Waals surface area contributed by atoms with Crippen LogP contribution >= 0.6 is 0 Å². The van der Waals surface area contributed by atoms with Crippen molar-refractivity contribution < 1.29 is 19.1 Å². The van der Waals surface area contributed by atoms with Crippen LogP contribution in [0.2, 0.25) is 0 Å². The molecule has 3 rings (SSSR count). The summed E-state index contributed by atoms with van der Waals surface area (Å²) in [5.74, 6) is 0.852. The summed E-state index contributed by atoms with van der Waals surface area (Å²) >= 11 is 0. The standard InChI is InChI=1S/C19H26N2O4/c1-4-14-7-5-6-10-21(14)18(23)19(2,3)17(22)20-13-8-9-15-16(11-13)25-12-24-15/h8-9,11,14H,4-7,10,12H2,1-3H3,(H,20,22). The lowest BCUT2D eigenvalue weighted by atomic mass is 9.87. The summed E-state index contributed by atoms with van der Waals surface area (Å²) in [6.45, 7) is 6.40. The molecule has 2 amide bonds. The van der Waals surface area contributed by atoms with Crippen LogP contribution in [0.5, 0.6) is 11.5 Å². The number of nitrogens with one attached hydrogen (secondary N) is 1. The van der Waals surface area contributed by atoms with Crippen LogP contribution in [-0.4, -0.2) is 36.1 Å². The number of fused-ring (bicyclic) bond motifs is 1. The van der Waals surface area contributed by atoms with Gasteiger partial charge < -0.3 is 19.7 Å². The Hall–Kier alpha value is -2.24.